The Morgan fingerprint density at radius 3 is 2.55 bits per heavy atom. The molecule has 0 aliphatic carbocycles. The van der Waals surface area contributed by atoms with Crippen LogP contribution in [0.25, 0.3) is 0 Å². The van der Waals surface area contributed by atoms with E-state index in [9.17, 15) is 9.90 Å². The topological polar surface area (TPSA) is 53.0 Å². The van der Waals surface area contributed by atoms with E-state index in [1.54, 1.807) is 0 Å². The summed E-state index contributed by atoms with van der Waals surface area (Å²) in [7, 11) is 0. The summed E-state index contributed by atoms with van der Waals surface area (Å²) in [5.74, 6) is 0.411. The second kappa shape index (κ2) is 6.00. The summed E-state index contributed by atoms with van der Waals surface area (Å²) in [6.45, 7) is 5.67. The van der Waals surface area contributed by atoms with E-state index in [-0.39, 0.29) is 24.7 Å². The maximum Gasteiger partial charge on any atom is 0.228 e. The Morgan fingerprint density at radius 2 is 2.05 bits per heavy atom. The number of hydrogen-bond acceptors (Lipinski definition) is 4. The Hall–Kier alpha value is -0.650. The Morgan fingerprint density at radius 1 is 1.30 bits per heavy atom. The largest absolute Gasteiger partial charge is 0.395 e. The third-order valence-electron chi connectivity index (χ3n) is 5.25. The number of aliphatic hydroxyl groups is 1. The van der Waals surface area contributed by atoms with E-state index in [1.807, 2.05) is 4.90 Å². The van der Waals surface area contributed by atoms with Crippen molar-refractivity contribution in [1.82, 2.24) is 9.80 Å². The maximum atomic E-state index is 12.6. The molecule has 1 amide bonds. The number of aliphatic hydroxyl groups excluding tert-OH is 1. The van der Waals surface area contributed by atoms with Gasteiger partial charge in [-0.25, -0.2) is 0 Å². The van der Waals surface area contributed by atoms with Gasteiger partial charge in [0.15, 0.2) is 0 Å². The molecule has 0 aromatic heterocycles. The van der Waals surface area contributed by atoms with E-state index in [4.69, 9.17) is 4.74 Å². The number of hydrogen-bond donors (Lipinski definition) is 1. The molecule has 3 aliphatic heterocycles. The minimum Gasteiger partial charge on any atom is -0.395 e. The van der Waals surface area contributed by atoms with Gasteiger partial charge in [0.05, 0.1) is 24.7 Å². The summed E-state index contributed by atoms with van der Waals surface area (Å²) in [5.41, 5.74) is 0. The molecule has 3 aliphatic rings. The van der Waals surface area contributed by atoms with Crippen molar-refractivity contribution in [2.45, 2.75) is 50.9 Å². The first-order valence-electron chi connectivity index (χ1n) is 8.02. The summed E-state index contributed by atoms with van der Waals surface area (Å²) >= 11 is 0. The smallest absolute Gasteiger partial charge is 0.228 e. The van der Waals surface area contributed by atoms with Gasteiger partial charge in [-0.3, -0.25) is 9.69 Å². The van der Waals surface area contributed by atoms with Crippen LogP contribution in [-0.4, -0.2) is 71.8 Å². The molecule has 4 unspecified atom stereocenters. The summed E-state index contributed by atoms with van der Waals surface area (Å²) in [6.07, 6.45) is 4.61. The first-order valence-corrected chi connectivity index (χ1v) is 8.02. The zero-order chi connectivity index (χ0) is 14.1. The number of piperazine rings is 1. The number of rotatable bonds is 4. The summed E-state index contributed by atoms with van der Waals surface area (Å²) in [5, 5.41) is 9.36. The molecule has 0 aromatic rings. The highest BCUT2D eigenvalue weighted by Crippen LogP contribution is 2.39. The molecule has 114 valence electrons. The standard InChI is InChI=1S/C15H26N2O3/c1-2-11(10-18)16-5-7-17(8-6-16)15(19)13-9-12-3-4-14(13)20-12/h11-14,18H,2-10H2,1H3. The summed E-state index contributed by atoms with van der Waals surface area (Å²) in [4.78, 5) is 16.9. The molecule has 3 rings (SSSR count). The van der Waals surface area contributed by atoms with Crippen molar-refractivity contribution in [2.24, 2.45) is 5.92 Å². The predicted octanol–water partition coefficient (Wildman–Crippen LogP) is 0.469. The molecule has 1 N–H and O–H groups in total. The van der Waals surface area contributed by atoms with E-state index in [2.05, 4.69) is 11.8 Å². The van der Waals surface area contributed by atoms with Gasteiger partial charge in [0, 0.05) is 32.2 Å². The molecule has 5 nitrogen and oxygen atoms in total. The molecule has 0 radical (unpaired) electrons. The van der Waals surface area contributed by atoms with Gasteiger partial charge in [-0.05, 0) is 25.7 Å². The number of carbonyl (C=O) groups is 1. The van der Waals surface area contributed by atoms with Gasteiger partial charge >= 0.3 is 0 Å². The van der Waals surface area contributed by atoms with Crippen LogP contribution in [0.5, 0.6) is 0 Å². The van der Waals surface area contributed by atoms with Crippen LogP contribution in [0.2, 0.25) is 0 Å². The third-order valence-corrected chi connectivity index (χ3v) is 5.25. The van der Waals surface area contributed by atoms with Crippen molar-refractivity contribution in [1.29, 1.82) is 0 Å². The van der Waals surface area contributed by atoms with Crippen molar-refractivity contribution in [3.63, 3.8) is 0 Å². The monoisotopic (exact) mass is 282 g/mol. The predicted molar refractivity (Wildman–Crippen MR) is 75.3 cm³/mol. The van der Waals surface area contributed by atoms with Crippen LogP contribution in [0.4, 0.5) is 0 Å². The fourth-order valence-electron chi connectivity index (χ4n) is 3.94. The minimum absolute atomic E-state index is 0.111. The minimum atomic E-state index is 0.111. The Bertz CT molecular complexity index is 351. The lowest BCUT2D eigenvalue weighted by atomic mass is 9.88. The molecule has 5 heteroatoms. The molecule has 3 fully saturated rings. The first-order chi connectivity index (χ1) is 9.72. The molecular weight excluding hydrogens is 256 g/mol. The average molecular weight is 282 g/mol. The van der Waals surface area contributed by atoms with Gasteiger partial charge < -0.3 is 14.7 Å². The van der Waals surface area contributed by atoms with Gasteiger partial charge in [-0.2, -0.15) is 0 Å². The molecule has 0 saturated carbocycles. The van der Waals surface area contributed by atoms with Crippen LogP contribution >= 0.6 is 0 Å². The van der Waals surface area contributed by atoms with Crippen molar-refractivity contribution in [3.05, 3.63) is 0 Å². The fourth-order valence-corrected chi connectivity index (χ4v) is 3.94. The molecule has 3 saturated heterocycles. The highest BCUT2D eigenvalue weighted by Gasteiger charge is 2.46. The SMILES string of the molecule is CCC(CO)N1CCN(C(=O)C2CC3CCC2O3)CC1. The molecular formula is C15H26N2O3. The van der Waals surface area contributed by atoms with Crippen molar-refractivity contribution in [2.75, 3.05) is 32.8 Å². The Kier molecular flexibility index (Phi) is 4.29. The second-order valence-electron chi connectivity index (χ2n) is 6.32. The lowest BCUT2D eigenvalue weighted by molar-refractivity contribution is -0.139. The van der Waals surface area contributed by atoms with Crippen LogP contribution in [0.15, 0.2) is 0 Å². The number of amides is 1. The van der Waals surface area contributed by atoms with Crippen molar-refractivity contribution < 1.29 is 14.6 Å². The Labute approximate surface area is 120 Å². The normalized spacial score (nSPS) is 35.5. The highest BCUT2D eigenvalue weighted by atomic mass is 16.5. The molecule has 4 atom stereocenters. The van der Waals surface area contributed by atoms with Crippen molar-refractivity contribution in [3.8, 4) is 0 Å². The molecule has 3 heterocycles. The van der Waals surface area contributed by atoms with Crippen LogP contribution < -0.4 is 0 Å². The van der Waals surface area contributed by atoms with Gasteiger partial charge in [0.2, 0.25) is 5.91 Å². The first kappa shape index (κ1) is 14.3. The number of ether oxygens (including phenoxy) is 1. The molecule has 2 bridgehead atoms. The van der Waals surface area contributed by atoms with E-state index in [1.165, 1.54) is 0 Å². The lowest BCUT2D eigenvalue weighted by Gasteiger charge is -2.39. The van der Waals surface area contributed by atoms with Gasteiger partial charge in [-0.1, -0.05) is 6.92 Å². The van der Waals surface area contributed by atoms with E-state index < -0.39 is 0 Å². The maximum absolute atomic E-state index is 12.6. The number of nitrogens with zero attached hydrogens (tertiary/aromatic N) is 2. The van der Waals surface area contributed by atoms with Crippen LogP contribution in [-0.2, 0) is 9.53 Å². The zero-order valence-corrected chi connectivity index (χ0v) is 12.3. The molecule has 20 heavy (non-hydrogen) atoms. The molecule has 0 aromatic carbocycles. The van der Waals surface area contributed by atoms with Gasteiger partial charge in [0.25, 0.3) is 0 Å². The van der Waals surface area contributed by atoms with Crippen molar-refractivity contribution >= 4 is 5.91 Å². The zero-order valence-electron chi connectivity index (χ0n) is 12.3. The fraction of sp³-hybridized carbons (Fsp3) is 0.933. The Balaban J connectivity index is 1.52. The quantitative estimate of drug-likeness (QED) is 0.814. The van der Waals surface area contributed by atoms with E-state index in [0.29, 0.717) is 12.0 Å². The summed E-state index contributed by atoms with van der Waals surface area (Å²) < 4.78 is 5.80. The van der Waals surface area contributed by atoms with Gasteiger partial charge in [-0.15, -0.1) is 0 Å². The summed E-state index contributed by atoms with van der Waals surface area (Å²) in [6, 6.07) is 0.248. The van der Waals surface area contributed by atoms with E-state index >= 15 is 0 Å². The third kappa shape index (κ3) is 2.59. The van der Waals surface area contributed by atoms with Crippen LogP contribution in [0.3, 0.4) is 0 Å². The van der Waals surface area contributed by atoms with E-state index in [0.717, 1.165) is 51.9 Å². The van der Waals surface area contributed by atoms with Crippen LogP contribution in [0, 0.1) is 5.92 Å². The lowest BCUT2D eigenvalue weighted by Crippen LogP contribution is -2.54. The average Bonchev–Trinajstić information content (AvgIpc) is 3.11. The number of fused-ring (bicyclic) bond motifs is 2. The van der Waals surface area contributed by atoms with Gasteiger partial charge in [0.1, 0.15) is 0 Å². The van der Waals surface area contributed by atoms with Crippen LogP contribution in [0.1, 0.15) is 32.6 Å². The number of carbonyl (C=O) groups excluding carboxylic acids is 1. The molecule has 0 spiro atoms. The second-order valence-corrected chi connectivity index (χ2v) is 6.32. The highest BCUT2D eigenvalue weighted by molar-refractivity contribution is 5.80.